The number of ether oxygens (including phenoxy) is 1. The molecule has 1 atom stereocenters. The summed E-state index contributed by atoms with van der Waals surface area (Å²) in [6.45, 7) is 1.18. The minimum absolute atomic E-state index is 0.201. The molecule has 21 heavy (non-hydrogen) atoms. The molecule has 0 spiro atoms. The van der Waals surface area contributed by atoms with E-state index in [-0.39, 0.29) is 5.78 Å². The van der Waals surface area contributed by atoms with Crippen molar-refractivity contribution < 1.29 is 14.6 Å². The molecule has 2 aromatic carbocycles. The number of rotatable bonds is 3. The van der Waals surface area contributed by atoms with Gasteiger partial charge in [-0.2, -0.15) is 0 Å². The van der Waals surface area contributed by atoms with Crippen LogP contribution in [-0.4, -0.2) is 36.7 Å². The van der Waals surface area contributed by atoms with E-state index >= 15 is 0 Å². The number of hydrogen-bond donors (Lipinski definition) is 2. The molecule has 4 heteroatoms. The Kier molecular flexibility index (Phi) is 3.66. The second-order valence-corrected chi connectivity index (χ2v) is 5.57. The second kappa shape index (κ2) is 5.47. The molecule has 0 bridgehead atoms. The summed E-state index contributed by atoms with van der Waals surface area (Å²) >= 11 is 0. The smallest absolute Gasteiger partial charge is 0.195 e. The van der Waals surface area contributed by atoms with Crippen molar-refractivity contribution in [2.24, 2.45) is 0 Å². The van der Waals surface area contributed by atoms with Crippen molar-refractivity contribution in [3.05, 3.63) is 42.0 Å². The third-order valence-corrected chi connectivity index (χ3v) is 4.09. The normalized spacial score (nSPS) is 22.2. The van der Waals surface area contributed by atoms with Crippen LogP contribution in [-0.2, 0) is 0 Å². The molecular formula is C17H19NO3. The van der Waals surface area contributed by atoms with E-state index in [0.29, 0.717) is 18.5 Å². The highest BCUT2D eigenvalue weighted by molar-refractivity contribution is 6.05. The monoisotopic (exact) mass is 285 g/mol. The molecule has 0 radical (unpaired) electrons. The summed E-state index contributed by atoms with van der Waals surface area (Å²) in [5, 5.41) is 15.6. The third kappa shape index (κ3) is 2.64. The van der Waals surface area contributed by atoms with Crippen molar-refractivity contribution in [3.63, 3.8) is 0 Å². The van der Waals surface area contributed by atoms with Gasteiger partial charge in [-0.15, -0.1) is 0 Å². The predicted molar refractivity (Wildman–Crippen MR) is 81.9 cm³/mol. The molecule has 1 aliphatic rings. The summed E-state index contributed by atoms with van der Waals surface area (Å²) in [6, 6.07) is 11.2. The maximum atomic E-state index is 12.6. The molecule has 3 rings (SSSR count). The van der Waals surface area contributed by atoms with Crippen LogP contribution in [0, 0.1) is 0 Å². The molecule has 0 saturated carbocycles. The van der Waals surface area contributed by atoms with E-state index in [9.17, 15) is 9.90 Å². The van der Waals surface area contributed by atoms with Crippen LogP contribution in [0.25, 0.3) is 10.8 Å². The number of fused-ring (bicyclic) bond motifs is 1. The Morgan fingerprint density at radius 2 is 2.00 bits per heavy atom. The molecule has 2 aromatic rings. The molecule has 1 fully saturated rings. The number of nitrogens with one attached hydrogen (secondary N) is 1. The highest BCUT2D eigenvalue weighted by Gasteiger charge is 2.37. The zero-order chi connectivity index (χ0) is 14.9. The molecule has 0 amide bonds. The van der Waals surface area contributed by atoms with Crippen LogP contribution in [0.15, 0.2) is 36.4 Å². The van der Waals surface area contributed by atoms with E-state index in [2.05, 4.69) is 5.32 Å². The summed E-state index contributed by atoms with van der Waals surface area (Å²) in [5.74, 6) is 0.587. The van der Waals surface area contributed by atoms with Crippen molar-refractivity contribution in [1.29, 1.82) is 0 Å². The Labute approximate surface area is 123 Å². The van der Waals surface area contributed by atoms with Crippen molar-refractivity contribution in [2.45, 2.75) is 18.4 Å². The fraction of sp³-hybridized carbons (Fsp3) is 0.353. The Hall–Kier alpha value is -1.91. The van der Waals surface area contributed by atoms with Crippen molar-refractivity contribution >= 4 is 16.6 Å². The second-order valence-electron chi connectivity index (χ2n) is 5.57. The number of benzene rings is 2. The van der Waals surface area contributed by atoms with E-state index < -0.39 is 5.60 Å². The average molecular weight is 285 g/mol. The highest BCUT2D eigenvalue weighted by Crippen LogP contribution is 2.26. The largest absolute Gasteiger partial charge is 0.497 e. The predicted octanol–water partition coefficient (Wildman–Crippen LogP) is 2.15. The first-order valence-electron chi connectivity index (χ1n) is 7.18. The summed E-state index contributed by atoms with van der Waals surface area (Å²) in [4.78, 5) is 12.6. The van der Waals surface area contributed by atoms with E-state index in [1.165, 1.54) is 0 Å². The first-order chi connectivity index (χ1) is 10.1. The molecule has 4 nitrogen and oxygen atoms in total. The molecule has 2 N–H and O–H groups in total. The van der Waals surface area contributed by atoms with Crippen LogP contribution < -0.4 is 10.1 Å². The average Bonchev–Trinajstić information content (AvgIpc) is 2.53. The summed E-state index contributed by atoms with van der Waals surface area (Å²) in [5.41, 5.74) is -0.725. The molecule has 1 aliphatic heterocycles. The standard InChI is InChI=1S/C17H19NO3/c1-21-15-6-5-12-9-14(4-3-13(12)10-15)16(19)17(20)7-2-8-18-11-17/h3-6,9-10,18,20H,2,7-8,11H2,1H3. The number of piperidine rings is 1. The zero-order valence-electron chi connectivity index (χ0n) is 12.1. The number of aliphatic hydroxyl groups is 1. The van der Waals surface area contributed by atoms with Crippen LogP contribution in [0.4, 0.5) is 0 Å². The van der Waals surface area contributed by atoms with Gasteiger partial charge >= 0.3 is 0 Å². The minimum Gasteiger partial charge on any atom is -0.497 e. The van der Waals surface area contributed by atoms with E-state index in [1.54, 1.807) is 13.2 Å². The Morgan fingerprint density at radius 1 is 1.24 bits per heavy atom. The van der Waals surface area contributed by atoms with Gasteiger partial charge in [-0.25, -0.2) is 0 Å². The Balaban J connectivity index is 1.95. The van der Waals surface area contributed by atoms with E-state index in [4.69, 9.17) is 4.74 Å². The molecule has 1 unspecified atom stereocenters. The van der Waals surface area contributed by atoms with Gasteiger partial charge < -0.3 is 15.2 Å². The topological polar surface area (TPSA) is 58.6 Å². The fourth-order valence-corrected chi connectivity index (χ4v) is 2.84. The van der Waals surface area contributed by atoms with Gasteiger partial charge in [0, 0.05) is 12.1 Å². The van der Waals surface area contributed by atoms with Gasteiger partial charge in [-0.3, -0.25) is 4.79 Å². The lowest BCUT2D eigenvalue weighted by Crippen LogP contribution is -2.51. The first-order valence-corrected chi connectivity index (χ1v) is 7.18. The lowest BCUT2D eigenvalue weighted by Gasteiger charge is -2.31. The van der Waals surface area contributed by atoms with Gasteiger partial charge in [0.15, 0.2) is 5.78 Å². The van der Waals surface area contributed by atoms with Crippen molar-refractivity contribution in [2.75, 3.05) is 20.2 Å². The number of β-amino-alcohol motifs (C(OH)–C–C–N with tert-alkyl or cyclic N) is 1. The quantitative estimate of drug-likeness (QED) is 0.848. The maximum absolute atomic E-state index is 12.6. The number of carbonyl (C=O) groups excluding carboxylic acids is 1. The van der Waals surface area contributed by atoms with Crippen molar-refractivity contribution in [3.8, 4) is 5.75 Å². The molecule has 110 valence electrons. The van der Waals surface area contributed by atoms with Gasteiger partial charge in [0.25, 0.3) is 0 Å². The van der Waals surface area contributed by atoms with Crippen molar-refractivity contribution in [1.82, 2.24) is 5.32 Å². The van der Waals surface area contributed by atoms with Gasteiger partial charge in [-0.05, 0) is 48.4 Å². The molecule has 1 saturated heterocycles. The molecule has 1 heterocycles. The molecule has 0 aliphatic carbocycles. The Bertz CT molecular complexity index is 675. The third-order valence-electron chi connectivity index (χ3n) is 4.09. The van der Waals surface area contributed by atoms with Gasteiger partial charge in [0.1, 0.15) is 11.4 Å². The fourth-order valence-electron chi connectivity index (χ4n) is 2.84. The minimum atomic E-state index is -1.28. The zero-order valence-corrected chi connectivity index (χ0v) is 12.1. The van der Waals surface area contributed by atoms with E-state index in [0.717, 1.165) is 29.5 Å². The van der Waals surface area contributed by atoms with Gasteiger partial charge in [0.05, 0.1) is 7.11 Å². The number of ketones is 1. The van der Waals surface area contributed by atoms with Crippen LogP contribution in [0.1, 0.15) is 23.2 Å². The van der Waals surface area contributed by atoms with E-state index in [1.807, 2.05) is 30.3 Å². The number of Topliss-reactive ketones (excluding diaryl/α,β-unsaturated/α-hetero) is 1. The summed E-state index contributed by atoms with van der Waals surface area (Å²) in [6.07, 6.45) is 1.33. The molecule has 0 aromatic heterocycles. The van der Waals surface area contributed by atoms with Gasteiger partial charge in [0.2, 0.25) is 0 Å². The van der Waals surface area contributed by atoms with Crippen LogP contribution in [0.2, 0.25) is 0 Å². The summed E-state index contributed by atoms with van der Waals surface area (Å²) in [7, 11) is 1.63. The Morgan fingerprint density at radius 3 is 2.71 bits per heavy atom. The highest BCUT2D eigenvalue weighted by atomic mass is 16.5. The first kappa shape index (κ1) is 14.0. The van der Waals surface area contributed by atoms with Crippen LogP contribution in [0.3, 0.4) is 0 Å². The number of carbonyl (C=O) groups is 1. The maximum Gasteiger partial charge on any atom is 0.195 e. The number of hydrogen-bond acceptors (Lipinski definition) is 4. The summed E-state index contributed by atoms with van der Waals surface area (Å²) < 4.78 is 5.20. The SMILES string of the molecule is COc1ccc2cc(C(=O)C3(O)CCCNC3)ccc2c1. The number of methoxy groups -OCH3 is 1. The molecular weight excluding hydrogens is 266 g/mol. The lowest BCUT2D eigenvalue weighted by atomic mass is 9.85. The van der Waals surface area contributed by atoms with Gasteiger partial charge in [-0.1, -0.05) is 18.2 Å². The lowest BCUT2D eigenvalue weighted by molar-refractivity contribution is 0.0191. The van der Waals surface area contributed by atoms with Crippen LogP contribution >= 0.6 is 0 Å². The van der Waals surface area contributed by atoms with Crippen LogP contribution in [0.5, 0.6) is 5.75 Å².